The van der Waals surface area contributed by atoms with Crippen molar-refractivity contribution in [1.29, 1.82) is 0 Å². The van der Waals surface area contributed by atoms with Crippen LogP contribution in [0.4, 0.5) is 27.2 Å². The van der Waals surface area contributed by atoms with Crippen LogP contribution in [0.3, 0.4) is 0 Å². The van der Waals surface area contributed by atoms with Crippen molar-refractivity contribution in [2.75, 3.05) is 23.4 Å². The topological polar surface area (TPSA) is 123 Å². The standard InChI is InChI=1S/C17H14N6O4S/c1-10-14(28-16(19-10)22-7-8-27-17(22)24)13-5-6-18-15(21-13)20-11-3-2-4-12(9-11)23(25)26/h2-6,9H,7-8H2,1H3,(H,18,20,21). The Morgan fingerprint density at radius 2 is 2.18 bits per heavy atom. The van der Waals surface area contributed by atoms with Gasteiger partial charge in [0.15, 0.2) is 5.13 Å². The minimum Gasteiger partial charge on any atom is -0.447 e. The normalized spacial score (nSPS) is 13.5. The van der Waals surface area contributed by atoms with Crippen LogP contribution in [0.25, 0.3) is 10.6 Å². The fraction of sp³-hybridized carbons (Fsp3) is 0.176. The number of benzene rings is 1. The number of carbonyl (C=O) groups is 1. The molecule has 3 aromatic rings. The van der Waals surface area contributed by atoms with Crippen LogP contribution in [0, 0.1) is 17.0 Å². The molecular weight excluding hydrogens is 384 g/mol. The van der Waals surface area contributed by atoms with Gasteiger partial charge in [0, 0.05) is 24.0 Å². The van der Waals surface area contributed by atoms with Crippen LogP contribution in [0.15, 0.2) is 36.5 Å². The van der Waals surface area contributed by atoms with Crippen LogP contribution >= 0.6 is 11.3 Å². The first-order valence-corrected chi connectivity index (χ1v) is 9.09. The summed E-state index contributed by atoms with van der Waals surface area (Å²) in [6, 6.07) is 7.83. The number of nitrogens with zero attached hydrogens (tertiary/aromatic N) is 5. The highest BCUT2D eigenvalue weighted by Gasteiger charge is 2.27. The maximum atomic E-state index is 11.8. The van der Waals surface area contributed by atoms with E-state index < -0.39 is 11.0 Å². The Hall–Kier alpha value is -3.60. The molecule has 0 bridgehead atoms. The summed E-state index contributed by atoms with van der Waals surface area (Å²) in [4.78, 5) is 37.6. The highest BCUT2D eigenvalue weighted by atomic mass is 32.1. The Balaban J connectivity index is 1.61. The first kappa shape index (κ1) is 17.8. The smallest absolute Gasteiger partial charge is 0.416 e. The van der Waals surface area contributed by atoms with E-state index in [2.05, 4.69) is 20.3 Å². The Bertz CT molecular complexity index is 1070. The molecule has 11 heteroatoms. The number of ether oxygens (including phenoxy) is 1. The number of anilines is 3. The van der Waals surface area contributed by atoms with Gasteiger partial charge in [0.25, 0.3) is 5.69 Å². The van der Waals surface area contributed by atoms with Gasteiger partial charge in [-0.15, -0.1) is 0 Å². The third kappa shape index (κ3) is 3.47. The summed E-state index contributed by atoms with van der Waals surface area (Å²) in [6.07, 6.45) is 1.18. The minimum absolute atomic E-state index is 0.0263. The predicted octanol–water partition coefficient (Wildman–Crippen LogP) is 3.52. The number of nitro groups is 1. The van der Waals surface area contributed by atoms with Crippen molar-refractivity contribution in [3.8, 4) is 10.6 Å². The number of aromatic nitrogens is 3. The molecule has 1 aliphatic rings. The monoisotopic (exact) mass is 398 g/mol. The van der Waals surface area contributed by atoms with E-state index in [1.54, 1.807) is 24.4 Å². The summed E-state index contributed by atoms with van der Waals surface area (Å²) in [5.74, 6) is 0.299. The quantitative estimate of drug-likeness (QED) is 0.511. The van der Waals surface area contributed by atoms with E-state index in [1.807, 2.05) is 6.92 Å². The zero-order valence-electron chi connectivity index (χ0n) is 14.7. The van der Waals surface area contributed by atoms with Crippen molar-refractivity contribution in [3.05, 3.63) is 52.3 Å². The summed E-state index contributed by atoms with van der Waals surface area (Å²) in [6.45, 7) is 2.65. The second kappa shape index (κ2) is 7.19. The zero-order valence-corrected chi connectivity index (χ0v) is 15.5. The van der Waals surface area contributed by atoms with Gasteiger partial charge in [0.2, 0.25) is 5.95 Å². The van der Waals surface area contributed by atoms with Gasteiger partial charge in [-0.25, -0.2) is 24.6 Å². The second-order valence-electron chi connectivity index (χ2n) is 5.87. The van der Waals surface area contributed by atoms with E-state index in [-0.39, 0.29) is 5.69 Å². The maximum Gasteiger partial charge on any atom is 0.416 e. The van der Waals surface area contributed by atoms with Crippen molar-refractivity contribution in [2.45, 2.75) is 6.92 Å². The van der Waals surface area contributed by atoms with Crippen LogP contribution in [-0.4, -0.2) is 39.1 Å². The number of non-ortho nitro benzene ring substituents is 1. The molecule has 0 aliphatic carbocycles. The number of carbonyl (C=O) groups excluding carboxylic acids is 1. The molecule has 0 saturated carbocycles. The summed E-state index contributed by atoms with van der Waals surface area (Å²) in [5, 5.41) is 14.4. The molecule has 1 aromatic carbocycles. The average molecular weight is 398 g/mol. The van der Waals surface area contributed by atoms with E-state index >= 15 is 0 Å². The largest absolute Gasteiger partial charge is 0.447 e. The number of nitrogens with one attached hydrogen (secondary N) is 1. The third-order valence-electron chi connectivity index (χ3n) is 3.98. The summed E-state index contributed by atoms with van der Waals surface area (Å²) >= 11 is 1.34. The van der Waals surface area contributed by atoms with Crippen LogP contribution in [0.2, 0.25) is 0 Å². The zero-order chi connectivity index (χ0) is 19.7. The third-order valence-corrected chi connectivity index (χ3v) is 5.18. The van der Waals surface area contributed by atoms with Gasteiger partial charge in [-0.1, -0.05) is 17.4 Å². The van der Waals surface area contributed by atoms with E-state index in [0.717, 1.165) is 10.6 Å². The number of rotatable bonds is 5. The van der Waals surface area contributed by atoms with Crippen molar-refractivity contribution in [1.82, 2.24) is 15.0 Å². The highest BCUT2D eigenvalue weighted by molar-refractivity contribution is 7.19. The highest BCUT2D eigenvalue weighted by Crippen LogP contribution is 2.35. The van der Waals surface area contributed by atoms with Gasteiger partial charge in [0.05, 0.1) is 27.7 Å². The Kier molecular flexibility index (Phi) is 4.57. The SMILES string of the molecule is Cc1nc(N2CCOC2=O)sc1-c1ccnc(Nc2cccc([N+](=O)[O-])c2)n1. The van der Waals surface area contributed by atoms with Crippen LogP contribution in [0.1, 0.15) is 5.69 Å². The Morgan fingerprint density at radius 3 is 2.93 bits per heavy atom. The molecule has 1 amide bonds. The Morgan fingerprint density at radius 1 is 1.32 bits per heavy atom. The fourth-order valence-corrected chi connectivity index (χ4v) is 3.73. The van der Waals surface area contributed by atoms with Crippen molar-refractivity contribution in [3.63, 3.8) is 0 Å². The lowest BCUT2D eigenvalue weighted by Crippen LogP contribution is -2.22. The second-order valence-corrected chi connectivity index (χ2v) is 6.85. The van der Waals surface area contributed by atoms with E-state index in [0.29, 0.717) is 35.6 Å². The fourth-order valence-electron chi connectivity index (χ4n) is 2.67. The van der Waals surface area contributed by atoms with Crippen LogP contribution < -0.4 is 10.2 Å². The molecule has 0 atom stereocenters. The molecule has 2 aromatic heterocycles. The van der Waals surface area contributed by atoms with Gasteiger partial charge in [-0.3, -0.25) is 10.1 Å². The van der Waals surface area contributed by atoms with E-state index in [4.69, 9.17) is 4.74 Å². The van der Waals surface area contributed by atoms with Gasteiger partial charge < -0.3 is 10.1 Å². The van der Waals surface area contributed by atoms with Gasteiger partial charge in [-0.05, 0) is 19.1 Å². The van der Waals surface area contributed by atoms with Gasteiger partial charge in [-0.2, -0.15) is 0 Å². The Labute approximate surface area is 163 Å². The summed E-state index contributed by atoms with van der Waals surface area (Å²) in [5.41, 5.74) is 1.85. The molecule has 3 heterocycles. The molecule has 142 valence electrons. The molecule has 4 rings (SSSR count). The van der Waals surface area contributed by atoms with Gasteiger partial charge >= 0.3 is 6.09 Å². The molecule has 0 unspecified atom stereocenters. The molecule has 1 N–H and O–H groups in total. The number of cyclic esters (lactones) is 1. The lowest BCUT2D eigenvalue weighted by atomic mass is 10.3. The van der Waals surface area contributed by atoms with Gasteiger partial charge in [0.1, 0.15) is 6.61 Å². The molecule has 10 nitrogen and oxygen atoms in total. The van der Waals surface area contributed by atoms with Crippen LogP contribution in [0.5, 0.6) is 0 Å². The predicted molar refractivity (Wildman–Crippen MR) is 103 cm³/mol. The lowest BCUT2D eigenvalue weighted by Gasteiger charge is -2.07. The molecule has 0 spiro atoms. The first-order chi connectivity index (χ1) is 13.5. The number of aryl methyl sites for hydroxylation is 1. The van der Waals surface area contributed by atoms with Crippen molar-refractivity contribution >= 4 is 39.9 Å². The first-order valence-electron chi connectivity index (χ1n) is 8.28. The number of hydrogen-bond donors (Lipinski definition) is 1. The molecule has 1 saturated heterocycles. The molecule has 1 fully saturated rings. The lowest BCUT2D eigenvalue weighted by molar-refractivity contribution is -0.384. The van der Waals surface area contributed by atoms with Crippen LogP contribution in [-0.2, 0) is 4.74 Å². The summed E-state index contributed by atoms with van der Waals surface area (Å²) < 4.78 is 4.96. The number of thiazole rings is 1. The number of amides is 1. The maximum absolute atomic E-state index is 11.8. The molecular formula is C17H14N6O4S. The molecule has 28 heavy (non-hydrogen) atoms. The van der Waals surface area contributed by atoms with E-state index in [9.17, 15) is 14.9 Å². The van der Waals surface area contributed by atoms with Crippen molar-refractivity contribution < 1.29 is 14.5 Å². The van der Waals surface area contributed by atoms with E-state index in [1.165, 1.54) is 28.4 Å². The summed E-state index contributed by atoms with van der Waals surface area (Å²) in [7, 11) is 0. The molecule has 0 radical (unpaired) electrons. The minimum atomic E-state index is -0.464. The molecule has 1 aliphatic heterocycles. The van der Waals surface area contributed by atoms with Crippen molar-refractivity contribution in [2.24, 2.45) is 0 Å². The number of hydrogen-bond acceptors (Lipinski definition) is 9. The average Bonchev–Trinajstić information content (AvgIpc) is 3.27. The number of nitro benzene ring substituents is 1.